The van der Waals surface area contributed by atoms with Gasteiger partial charge in [0.25, 0.3) is 5.92 Å². The lowest BCUT2D eigenvalue weighted by molar-refractivity contribution is -0.0747. The first-order valence-electron chi connectivity index (χ1n) is 7.77. The van der Waals surface area contributed by atoms with Gasteiger partial charge in [-0.15, -0.1) is 6.58 Å². The van der Waals surface area contributed by atoms with Gasteiger partial charge < -0.3 is 0 Å². The lowest BCUT2D eigenvalue weighted by atomic mass is 9.75. The molecule has 0 saturated heterocycles. The Morgan fingerprint density at radius 2 is 1.79 bits per heavy atom. The van der Waals surface area contributed by atoms with Gasteiger partial charge in [-0.1, -0.05) is 30.6 Å². The van der Waals surface area contributed by atoms with Crippen LogP contribution in [0.5, 0.6) is 0 Å². The third kappa shape index (κ3) is 3.46. The minimum absolute atomic E-state index is 0.0335. The summed E-state index contributed by atoms with van der Waals surface area (Å²) >= 11 is 0. The van der Waals surface area contributed by atoms with Crippen molar-refractivity contribution in [2.24, 2.45) is 11.8 Å². The zero-order chi connectivity index (χ0) is 13.9. The minimum Gasteiger partial charge on any atom is -0.206 e. The second kappa shape index (κ2) is 6.19. The van der Waals surface area contributed by atoms with Crippen molar-refractivity contribution in [1.82, 2.24) is 0 Å². The van der Waals surface area contributed by atoms with Gasteiger partial charge in [0.1, 0.15) is 0 Å². The molecule has 2 saturated carbocycles. The van der Waals surface area contributed by atoms with Crippen LogP contribution in [0, 0.1) is 11.8 Å². The van der Waals surface area contributed by atoms with Crippen molar-refractivity contribution >= 4 is 0 Å². The highest BCUT2D eigenvalue weighted by Gasteiger charge is 2.43. The maximum absolute atomic E-state index is 14.2. The van der Waals surface area contributed by atoms with Crippen LogP contribution >= 0.6 is 0 Å². The Balaban J connectivity index is 2.02. The minimum atomic E-state index is -2.47. The highest BCUT2D eigenvalue weighted by atomic mass is 19.3. The zero-order valence-electron chi connectivity index (χ0n) is 12.1. The normalized spacial score (nSPS) is 31.3. The molecule has 0 aromatic carbocycles. The number of allylic oxidation sites excluding steroid dienone is 3. The number of halogens is 2. The lowest BCUT2D eigenvalue weighted by Crippen LogP contribution is -2.33. The van der Waals surface area contributed by atoms with Crippen LogP contribution in [0.1, 0.15) is 64.7 Å². The smallest absolute Gasteiger partial charge is 0.206 e. The van der Waals surface area contributed by atoms with Crippen LogP contribution in [-0.2, 0) is 0 Å². The maximum Gasteiger partial charge on any atom is 0.254 e. The van der Waals surface area contributed by atoms with Crippen LogP contribution in [-0.4, -0.2) is 5.92 Å². The van der Waals surface area contributed by atoms with Gasteiger partial charge in [0, 0.05) is 12.3 Å². The number of alkyl halides is 2. The highest BCUT2D eigenvalue weighted by Crippen LogP contribution is 2.46. The Kier molecular flexibility index (Phi) is 4.81. The standard InChI is InChI=1S/C17H26F2/c1-3-5-16-11-10-15(12-17(16,18)19)14-8-6-13(4-2)7-9-14/h4,13,16H,2-3,5-12H2,1H3. The van der Waals surface area contributed by atoms with E-state index in [9.17, 15) is 8.78 Å². The second-order valence-corrected chi connectivity index (χ2v) is 6.24. The molecule has 2 aliphatic carbocycles. The van der Waals surface area contributed by atoms with E-state index in [1.165, 1.54) is 5.57 Å². The monoisotopic (exact) mass is 268 g/mol. The number of hydrogen-bond acceptors (Lipinski definition) is 0. The molecule has 2 rings (SSSR count). The summed E-state index contributed by atoms with van der Waals surface area (Å²) in [6, 6.07) is 0. The van der Waals surface area contributed by atoms with Gasteiger partial charge in [0.15, 0.2) is 0 Å². The SMILES string of the molecule is C=CC1CCC(=C2CCC(CCC)C(F)(F)C2)CC1. The van der Waals surface area contributed by atoms with E-state index in [2.05, 4.69) is 6.58 Å². The van der Waals surface area contributed by atoms with Crippen LogP contribution in [0.4, 0.5) is 8.78 Å². The summed E-state index contributed by atoms with van der Waals surface area (Å²) in [4.78, 5) is 0. The summed E-state index contributed by atoms with van der Waals surface area (Å²) in [6.07, 6.45) is 9.43. The molecule has 0 bridgehead atoms. The Hall–Kier alpha value is -0.660. The van der Waals surface area contributed by atoms with Crippen molar-refractivity contribution < 1.29 is 8.78 Å². The van der Waals surface area contributed by atoms with Gasteiger partial charge >= 0.3 is 0 Å². The quantitative estimate of drug-likeness (QED) is 0.559. The molecule has 0 spiro atoms. The van der Waals surface area contributed by atoms with Crippen LogP contribution in [0.2, 0.25) is 0 Å². The molecule has 1 unspecified atom stereocenters. The fraction of sp³-hybridized carbons (Fsp3) is 0.765. The van der Waals surface area contributed by atoms with Crippen molar-refractivity contribution in [1.29, 1.82) is 0 Å². The van der Waals surface area contributed by atoms with Crippen molar-refractivity contribution in [2.75, 3.05) is 0 Å². The van der Waals surface area contributed by atoms with Gasteiger partial charge in [0.2, 0.25) is 0 Å². The van der Waals surface area contributed by atoms with Gasteiger partial charge in [-0.25, -0.2) is 8.78 Å². The van der Waals surface area contributed by atoms with Crippen molar-refractivity contribution in [2.45, 2.75) is 70.6 Å². The molecule has 0 amide bonds. The zero-order valence-corrected chi connectivity index (χ0v) is 12.1. The molecule has 0 aromatic rings. The fourth-order valence-electron chi connectivity index (χ4n) is 3.66. The third-order valence-electron chi connectivity index (χ3n) is 4.95. The van der Waals surface area contributed by atoms with E-state index in [0.29, 0.717) is 18.8 Å². The molecule has 1 atom stereocenters. The Morgan fingerprint density at radius 3 is 2.32 bits per heavy atom. The van der Waals surface area contributed by atoms with Crippen molar-refractivity contribution in [3.63, 3.8) is 0 Å². The molecular weight excluding hydrogens is 242 g/mol. The second-order valence-electron chi connectivity index (χ2n) is 6.24. The molecule has 0 nitrogen and oxygen atoms in total. The molecule has 0 heterocycles. The molecule has 0 radical (unpaired) electrons. The summed E-state index contributed by atoms with van der Waals surface area (Å²) in [5, 5.41) is 0. The van der Waals surface area contributed by atoms with Crippen molar-refractivity contribution in [3.05, 3.63) is 23.8 Å². The van der Waals surface area contributed by atoms with E-state index in [1.807, 2.05) is 13.0 Å². The van der Waals surface area contributed by atoms with Crippen LogP contribution in [0.25, 0.3) is 0 Å². The number of hydrogen-bond donors (Lipinski definition) is 0. The van der Waals surface area contributed by atoms with Crippen LogP contribution in [0.3, 0.4) is 0 Å². The van der Waals surface area contributed by atoms with E-state index in [0.717, 1.165) is 44.1 Å². The summed E-state index contributed by atoms with van der Waals surface area (Å²) < 4.78 is 28.3. The molecular formula is C17H26F2. The Morgan fingerprint density at radius 1 is 1.16 bits per heavy atom. The molecule has 0 N–H and O–H groups in total. The van der Waals surface area contributed by atoms with E-state index < -0.39 is 5.92 Å². The topological polar surface area (TPSA) is 0 Å². The summed E-state index contributed by atoms with van der Waals surface area (Å²) in [5.41, 5.74) is 2.42. The maximum atomic E-state index is 14.2. The average Bonchev–Trinajstić information content (AvgIpc) is 2.41. The van der Waals surface area contributed by atoms with E-state index in [1.54, 1.807) is 0 Å². The first kappa shape index (κ1) is 14.7. The Bertz CT molecular complexity index is 344. The first-order chi connectivity index (χ1) is 9.06. The summed E-state index contributed by atoms with van der Waals surface area (Å²) in [7, 11) is 0. The van der Waals surface area contributed by atoms with Crippen LogP contribution in [0.15, 0.2) is 23.8 Å². The molecule has 2 heteroatoms. The summed E-state index contributed by atoms with van der Waals surface area (Å²) in [6.45, 7) is 5.84. The number of rotatable bonds is 3. The molecule has 0 aliphatic heterocycles. The Labute approximate surface area is 116 Å². The lowest BCUT2D eigenvalue weighted by Gasteiger charge is -2.35. The largest absolute Gasteiger partial charge is 0.254 e. The molecule has 0 aromatic heterocycles. The summed E-state index contributed by atoms with van der Waals surface area (Å²) in [5.74, 6) is -2.25. The van der Waals surface area contributed by atoms with E-state index >= 15 is 0 Å². The third-order valence-corrected chi connectivity index (χ3v) is 4.95. The van der Waals surface area contributed by atoms with E-state index in [-0.39, 0.29) is 12.3 Å². The van der Waals surface area contributed by atoms with Gasteiger partial charge in [-0.05, 0) is 50.9 Å². The predicted octanol–water partition coefficient (Wildman–Crippen LogP) is 5.89. The van der Waals surface area contributed by atoms with Crippen molar-refractivity contribution in [3.8, 4) is 0 Å². The van der Waals surface area contributed by atoms with Crippen LogP contribution < -0.4 is 0 Å². The van der Waals surface area contributed by atoms with Gasteiger partial charge in [-0.3, -0.25) is 0 Å². The fourth-order valence-corrected chi connectivity index (χ4v) is 3.66. The molecule has 108 valence electrons. The van der Waals surface area contributed by atoms with Gasteiger partial charge in [-0.2, -0.15) is 0 Å². The van der Waals surface area contributed by atoms with E-state index in [4.69, 9.17) is 0 Å². The molecule has 2 fully saturated rings. The van der Waals surface area contributed by atoms with Gasteiger partial charge in [0.05, 0.1) is 0 Å². The molecule has 19 heavy (non-hydrogen) atoms. The predicted molar refractivity (Wildman–Crippen MR) is 76.4 cm³/mol. The first-order valence-corrected chi connectivity index (χ1v) is 7.77. The molecule has 2 aliphatic rings. The highest BCUT2D eigenvalue weighted by molar-refractivity contribution is 5.21. The average molecular weight is 268 g/mol.